The molecule has 2 heterocycles. The van der Waals surface area contributed by atoms with Gasteiger partial charge in [0.1, 0.15) is 12.4 Å². The van der Waals surface area contributed by atoms with Crippen molar-refractivity contribution in [1.82, 2.24) is 4.90 Å². The summed E-state index contributed by atoms with van der Waals surface area (Å²) in [5.74, 6) is -0.486. The minimum atomic E-state index is -1.42. The quantitative estimate of drug-likeness (QED) is 0.304. The Morgan fingerprint density at radius 1 is 1.17 bits per heavy atom. The Labute approximate surface area is 220 Å². The number of ether oxygens (including phenoxy) is 1. The van der Waals surface area contributed by atoms with Crippen LogP contribution in [0.25, 0.3) is 0 Å². The molecular weight excluding hydrogens is 557 g/mol. The minimum absolute atomic E-state index is 0.200. The van der Waals surface area contributed by atoms with Crippen LogP contribution in [0.1, 0.15) is 22.6 Å². The Balaban J connectivity index is 1.56. The third-order valence-corrected chi connectivity index (χ3v) is 8.02. The zero-order valence-electron chi connectivity index (χ0n) is 18.5. The van der Waals surface area contributed by atoms with Crippen LogP contribution in [0.15, 0.2) is 65.1 Å². The van der Waals surface area contributed by atoms with Gasteiger partial charge in [-0.15, -0.1) is 0 Å². The number of hydrogen-bond donors (Lipinski definition) is 1. The number of likely N-dealkylation sites (tertiary alicyclic amines) is 1. The number of para-hydroxylation sites is 1. The predicted molar refractivity (Wildman–Crippen MR) is 138 cm³/mol. The van der Waals surface area contributed by atoms with Crippen LogP contribution in [-0.2, 0) is 16.9 Å². The molecule has 0 bridgehead atoms. The lowest BCUT2D eigenvalue weighted by molar-refractivity contribution is -0.534. The molecule has 2 aliphatic rings. The van der Waals surface area contributed by atoms with Crippen LogP contribution in [0, 0.1) is 10.1 Å². The molecule has 1 fully saturated rings. The molecule has 0 radical (unpaired) electrons. The number of nitrogens with one attached hydrogen (secondary N) is 1. The van der Waals surface area contributed by atoms with Gasteiger partial charge in [-0.3, -0.25) is 19.8 Å². The number of fused-ring (bicyclic) bond motifs is 2. The van der Waals surface area contributed by atoms with Gasteiger partial charge in [-0.25, -0.2) is 0 Å². The second-order valence-electron chi connectivity index (χ2n) is 8.70. The minimum Gasteiger partial charge on any atom is -0.489 e. The van der Waals surface area contributed by atoms with Crippen molar-refractivity contribution in [3.63, 3.8) is 0 Å². The number of carbonyl (C=O) groups excluding carboxylic acids is 1. The second kappa shape index (κ2) is 9.09. The van der Waals surface area contributed by atoms with E-state index in [1.807, 2.05) is 18.2 Å². The van der Waals surface area contributed by atoms with Gasteiger partial charge in [0.15, 0.2) is 5.54 Å². The van der Waals surface area contributed by atoms with E-state index < -0.39 is 23.4 Å². The zero-order valence-corrected chi connectivity index (χ0v) is 21.6. The Morgan fingerprint density at radius 3 is 2.69 bits per heavy atom. The van der Waals surface area contributed by atoms with Crippen LogP contribution in [0.2, 0.25) is 10.0 Å². The average Bonchev–Trinajstić information content (AvgIpc) is 3.30. The van der Waals surface area contributed by atoms with Gasteiger partial charge in [-0.05, 0) is 49.0 Å². The predicted octanol–water partition coefficient (Wildman–Crippen LogP) is 5.86. The number of halogens is 3. The molecule has 1 spiro atoms. The second-order valence-corrected chi connectivity index (χ2v) is 10.4. The first kappa shape index (κ1) is 24.1. The summed E-state index contributed by atoms with van der Waals surface area (Å²) in [7, 11) is 1.76. The van der Waals surface area contributed by atoms with E-state index in [0.717, 1.165) is 10.0 Å². The molecule has 1 N–H and O–H groups in total. The Hall–Kier alpha value is -2.65. The van der Waals surface area contributed by atoms with Crippen molar-refractivity contribution in [3.05, 3.63) is 102 Å². The highest BCUT2D eigenvalue weighted by atomic mass is 79.9. The van der Waals surface area contributed by atoms with Crippen molar-refractivity contribution in [2.75, 3.05) is 18.9 Å². The molecule has 0 aliphatic carbocycles. The molecule has 1 amide bonds. The van der Waals surface area contributed by atoms with E-state index in [-0.39, 0.29) is 11.5 Å². The lowest BCUT2D eigenvalue weighted by Gasteiger charge is -2.30. The number of benzene rings is 3. The fourth-order valence-electron chi connectivity index (χ4n) is 5.29. The summed E-state index contributed by atoms with van der Waals surface area (Å²) in [6.07, 6.45) is 0. The summed E-state index contributed by atoms with van der Waals surface area (Å²) in [5, 5.41) is 16.3. The highest BCUT2D eigenvalue weighted by Gasteiger charge is 2.68. The van der Waals surface area contributed by atoms with Crippen LogP contribution in [0.5, 0.6) is 5.75 Å². The van der Waals surface area contributed by atoms with Crippen molar-refractivity contribution in [2.45, 2.75) is 24.1 Å². The molecule has 7 nitrogen and oxygen atoms in total. The number of likely N-dealkylation sites (N-methyl/N-ethyl adjacent to an activating group) is 1. The standard InChI is InChI=1S/C25H20BrCl2N3O4/c1-30-12-17(23(31(33)34)25(30)18-4-2-3-5-21(18)29-24(25)32)16-11-15(26)7-9-22(16)35-13-14-6-8-19(27)20(28)10-14/h2-11,17,23H,12-13H2,1H3,(H,29,32)/t17-,23+,25-/m1/s1. The van der Waals surface area contributed by atoms with Gasteiger partial charge in [0.05, 0.1) is 16.0 Å². The summed E-state index contributed by atoms with van der Waals surface area (Å²) in [4.78, 5) is 27.4. The average molecular weight is 577 g/mol. The number of anilines is 1. The summed E-state index contributed by atoms with van der Waals surface area (Å²) in [6, 6.07) is 16.6. The molecular formula is C25H20BrCl2N3O4. The normalized spacial score (nSPS) is 23.4. The zero-order chi connectivity index (χ0) is 24.9. The Morgan fingerprint density at radius 2 is 1.94 bits per heavy atom. The van der Waals surface area contributed by atoms with E-state index in [1.165, 1.54) is 0 Å². The molecule has 1 saturated heterocycles. The van der Waals surface area contributed by atoms with Crippen molar-refractivity contribution in [1.29, 1.82) is 0 Å². The summed E-state index contributed by atoms with van der Waals surface area (Å²) < 4.78 is 6.89. The number of amides is 1. The lowest BCUT2D eigenvalue weighted by Crippen LogP contribution is -2.54. The number of hydrogen-bond acceptors (Lipinski definition) is 5. The maximum Gasteiger partial charge on any atom is 0.256 e. The molecule has 10 heteroatoms. The van der Waals surface area contributed by atoms with Gasteiger partial charge in [-0.1, -0.05) is 63.4 Å². The largest absolute Gasteiger partial charge is 0.489 e. The van der Waals surface area contributed by atoms with Crippen molar-refractivity contribution in [2.24, 2.45) is 0 Å². The Bertz CT molecular complexity index is 1350. The topological polar surface area (TPSA) is 84.7 Å². The first-order valence-electron chi connectivity index (χ1n) is 10.9. The van der Waals surface area contributed by atoms with Crippen LogP contribution in [-0.4, -0.2) is 35.4 Å². The maximum absolute atomic E-state index is 13.4. The molecule has 0 aromatic heterocycles. The molecule has 0 unspecified atom stereocenters. The summed E-state index contributed by atoms with van der Waals surface area (Å²) in [6.45, 7) is 0.499. The highest BCUT2D eigenvalue weighted by Crippen LogP contribution is 2.53. The maximum atomic E-state index is 13.4. The van der Waals surface area contributed by atoms with Crippen LogP contribution < -0.4 is 10.1 Å². The van der Waals surface area contributed by atoms with Gasteiger partial charge in [0.2, 0.25) is 0 Å². The highest BCUT2D eigenvalue weighted by molar-refractivity contribution is 9.10. The number of rotatable bonds is 5. The van der Waals surface area contributed by atoms with Gasteiger partial charge in [0, 0.05) is 32.8 Å². The van der Waals surface area contributed by atoms with E-state index in [1.54, 1.807) is 54.4 Å². The van der Waals surface area contributed by atoms with E-state index >= 15 is 0 Å². The molecule has 35 heavy (non-hydrogen) atoms. The van der Waals surface area contributed by atoms with Gasteiger partial charge >= 0.3 is 0 Å². The Kier molecular flexibility index (Phi) is 6.25. The number of carbonyl (C=O) groups is 1. The summed E-state index contributed by atoms with van der Waals surface area (Å²) in [5.41, 5.74) is 1.26. The third-order valence-electron chi connectivity index (χ3n) is 6.79. The van der Waals surface area contributed by atoms with Crippen molar-refractivity contribution >= 4 is 50.7 Å². The van der Waals surface area contributed by atoms with Gasteiger partial charge < -0.3 is 10.1 Å². The number of nitrogens with zero attached hydrogens (tertiary/aromatic N) is 2. The first-order chi connectivity index (χ1) is 16.7. The van der Waals surface area contributed by atoms with Gasteiger partial charge in [0.25, 0.3) is 11.9 Å². The molecule has 0 saturated carbocycles. The molecule has 3 aromatic rings. The smallest absolute Gasteiger partial charge is 0.256 e. The van der Waals surface area contributed by atoms with Gasteiger partial charge in [-0.2, -0.15) is 0 Å². The van der Waals surface area contributed by atoms with E-state index in [4.69, 9.17) is 27.9 Å². The van der Waals surface area contributed by atoms with Crippen molar-refractivity contribution in [3.8, 4) is 5.75 Å². The lowest BCUT2D eigenvalue weighted by atomic mass is 9.79. The van der Waals surface area contributed by atoms with E-state index in [0.29, 0.717) is 39.2 Å². The number of nitro groups is 1. The third kappa shape index (κ3) is 3.89. The molecule has 180 valence electrons. The van der Waals surface area contributed by atoms with Crippen LogP contribution in [0.3, 0.4) is 0 Å². The van der Waals surface area contributed by atoms with E-state index in [2.05, 4.69) is 21.2 Å². The molecule has 3 aromatic carbocycles. The fraction of sp³-hybridized carbons (Fsp3) is 0.240. The monoisotopic (exact) mass is 575 g/mol. The summed E-state index contributed by atoms with van der Waals surface area (Å²) >= 11 is 15.6. The molecule has 5 rings (SSSR count). The van der Waals surface area contributed by atoms with Crippen molar-refractivity contribution < 1.29 is 14.5 Å². The van der Waals surface area contributed by atoms with Crippen LogP contribution in [0.4, 0.5) is 5.69 Å². The SMILES string of the molecule is CN1C[C@H](c2cc(Br)ccc2OCc2ccc(Cl)c(Cl)c2)[C@H]([N+](=O)[O-])[C@]12C(=O)Nc1ccccc12. The van der Waals surface area contributed by atoms with Crippen LogP contribution >= 0.6 is 39.1 Å². The molecule has 2 aliphatic heterocycles. The molecule has 3 atom stereocenters. The first-order valence-corrected chi connectivity index (χ1v) is 12.4. The van der Waals surface area contributed by atoms with E-state index in [9.17, 15) is 14.9 Å². The fourth-order valence-corrected chi connectivity index (χ4v) is 5.99.